The Morgan fingerprint density at radius 2 is 1.90 bits per heavy atom. The largest absolute Gasteiger partial charge is 0.341 e. The Labute approximate surface area is 186 Å². The highest BCUT2D eigenvalue weighted by Crippen LogP contribution is 2.62. The second kappa shape index (κ2) is 6.15. The van der Waals surface area contributed by atoms with E-state index in [4.69, 9.17) is 4.98 Å². The quantitative estimate of drug-likeness (QED) is 0.518. The Morgan fingerprint density at radius 3 is 2.77 bits per heavy atom. The van der Waals surface area contributed by atoms with E-state index >= 15 is 0 Å². The molecular weight excluding hydrogens is 376 g/mol. The number of hydrogen-bond acceptors (Lipinski definition) is 1. The van der Waals surface area contributed by atoms with Gasteiger partial charge in [0.05, 0.1) is 11.0 Å². The van der Waals surface area contributed by atoms with Crippen molar-refractivity contribution in [3.8, 4) is 0 Å². The molecule has 0 spiro atoms. The molecule has 6 atom stereocenters. The van der Waals surface area contributed by atoms with Crippen LogP contribution in [0.5, 0.6) is 0 Å². The van der Waals surface area contributed by atoms with E-state index in [2.05, 4.69) is 56.1 Å². The fourth-order valence-corrected chi connectivity index (χ4v) is 8.62. The lowest BCUT2D eigenvalue weighted by Gasteiger charge is -2.41. The first-order chi connectivity index (χ1) is 14.9. The van der Waals surface area contributed by atoms with Crippen molar-refractivity contribution >= 4 is 11.0 Å². The summed E-state index contributed by atoms with van der Waals surface area (Å²) < 4.78 is 0. The standard InChI is InChI=1S/C29H36N2/c1-17-6-19-8-20(9-19)14-28(3,12-17)23-4-5-25-26(11-23)31-27(30-25)29-13-18(2)7-21-10-22(15-29)24(21)16-29/h4-5,7,11,14,17-19,22,24H,6,8-10,12-13,15-16H2,1-3H3,(H,30,31). The first-order valence-electron chi connectivity index (χ1n) is 12.8. The fraction of sp³-hybridized carbons (Fsp3) is 0.621. The van der Waals surface area contributed by atoms with E-state index in [0.29, 0.717) is 5.92 Å². The summed E-state index contributed by atoms with van der Waals surface area (Å²) in [5.74, 6) is 5.48. The van der Waals surface area contributed by atoms with E-state index in [0.717, 1.165) is 29.2 Å². The van der Waals surface area contributed by atoms with Gasteiger partial charge in [-0.25, -0.2) is 4.98 Å². The minimum Gasteiger partial charge on any atom is -0.341 e. The van der Waals surface area contributed by atoms with Crippen molar-refractivity contribution in [2.24, 2.45) is 29.6 Å². The van der Waals surface area contributed by atoms with Crippen LogP contribution >= 0.6 is 0 Å². The van der Waals surface area contributed by atoms with Crippen LogP contribution in [-0.4, -0.2) is 9.97 Å². The van der Waals surface area contributed by atoms with Gasteiger partial charge in [-0.3, -0.25) is 0 Å². The molecule has 8 rings (SSSR count). The number of nitrogens with zero attached hydrogens (tertiary/aromatic N) is 1. The van der Waals surface area contributed by atoms with Crippen molar-refractivity contribution in [1.29, 1.82) is 0 Å². The average molecular weight is 413 g/mol. The number of imidazole rings is 1. The van der Waals surface area contributed by atoms with Crippen molar-refractivity contribution in [1.82, 2.24) is 9.97 Å². The van der Waals surface area contributed by atoms with Crippen LogP contribution in [0.3, 0.4) is 0 Å². The molecule has 2 nitrogen and oxygen atoms in total. The fourth-order valence-electron chi connectivity index (χ4n) is 8.62. The molecule has 6 unspecified atom stereocenters. The lowest BCUT2D eigenvalue weighted by Crippen LogP contribution is -2.30. The van der Waals surface area contributed by atoms with Crippen LogP contribution in [0.25, 0.3) is 11.0 Å². The summed E-state index contributed by atoms with van der Waals surface area (Å²) >= 11 is 0. The van der Waals surface area contributed by atoms with Gasteiger partial charge in [-0.15, -0.1) is 0 Å². The van der Waals surface area contributed by atoms with Gasteiger partial charge in [0.2, 0.25) is 0 Å². The summed E-state index contributed by atoms with van der Waals surface area (Å²) in [6.07, 6.45) is 15.9. The molecule has 6 aliphatic carbocycles. The monoisotopic (exact) mass is 412 g/mol. The van der Waals surface area contributed by atoms with Gasteiger partial charge in [0.1, 0.15) is 5.82 Å². The second-order valence-electron chi connectivity index (χ2n) is 12.5. The van der Waals surface area contributed by atoms with Gasteiger partial charge < -0.3 is 4.98 Å². The highest BCUT2D eigenvalue weighted by Gasteiger charge is 2.55. The van der Waals surface area contributed by atoms with Gasteiger partial charge in [-0.05, 0) is 98.7 Å². The van der Waals surface area contributed by atoms with E-state index < -0.39 is 0 Å². The second-order valence-corrected chi connectivity index (χ2v) is 12.5. The molecule has 1 aromatic carbocycles. The topological polar surface area (TPSA) is 28.7 Å². The molecule has 3 saturated carbocycles. The van der Waals surface area contributed by atoms with E-state index in [1.807, 2.05) is 0 Å². The van der Waals surface area contributed by atoms with Gasteiger partial charge >= 0.3 is 0 Å². The van der Waals surface area contributed by atoms with Crippen LogP contribution in [0.15, 0.2) is 41.5 Å². The van der Waals surface area contributed by atoms with Crippen LogP contribution in [0.1, 0.15) is 83.5 Å². The van der Waals surface area contributed by atoms with E-state index in [1.54, 1.807) is 11.1 Å². The Bertz CT molecular complexity index is 1130. The predicted molar refractivity (Wildman–Crippen MR) is 127 cm³/mol. The maximum atomic E-state index is 5.22. The van der Waals surface area contributed by atoms with Crippen molar-refractivity contribution in [2.45, 2.75) is 83.0 Å². The van der Waals surface area contributed by atoms with Gasteiger partial charge in [0, 0.05) is 10.8 Å². The Hall–Kier alpha value is -1.83. The molecular formula is C29H36N2. The van der Waals surface area contributed by atoms with Crippen molar-refractivity contribution in [2.75, 3.05) is 0 Å². The highest BCUT2D eigenvalue weighted by atomic mass is 15.0. The molecule has 0 saturated heterocycles. The molecule has 2 heteroatoms. The Morgan fingerprint density at radius 1 is 1.03 bits per heavy atom. The average Bonchev–Trinajstić information content (AvgIpc) is 3.18. The summed E-state index contributed by atoms with van der Waals surface area (Å²) in [5.41, 5.74) is 7.77. The zero-order valence-electron chi connectivity index (χ0n) is 19.4. The smallest absolute Gasteiger partial charge is 0.113 e. The van der Waals surface area contributed by atoms with Crippen LogP contribution in [0.2, 0.25) is 0 Å². The SMILES string of the molecule is CC1C=C2CC3CC(c4nc5ccc(C6(C)C=C7CC(C7)CC(C)C6)cc5[nH]4)(C1)CC23. The molecule has 2 aromatic rings. The number of H-pyrrole nitrogens is 1. The normalized spacial score (nSPS) is 43.3. The molecule has 162 valence electrons. The molecule has 31 heavy (non-hydrogen) atoms. The first-order valence-corrected chi connectivity index (χ1v) is 12.8. The maximum absolute atomic E-state index is 5.22. The summed E-state index contributed by atoms with van der Waals surface area (Å²) in [4.78, 5) is 9.09. The number of allylic oxidation sites excluding steroid dienone is 4. The third kappa shape index (κ3) is 2.72. The zero-order valence-corrected chi connectivity index (χ0v) is 19.4. The molecule has 3 fully saturated rings. The summed E-state index contributed by atoms with van der Waals surface area (Å²) in [7, 11) is 0. The minimum atomic E-state index is 0.153. The Balaban J connectivity index is 1.27. The summed E-state index contributed by atoms with van der Waals surface area (Å²) in [5, 5.41) is 0. The van der Waals surface area contributed by atoms with Crippen LogP contribution in [0.4, 0.5) is 0 Å². The number of hydrogen-bond donors (Lipinski definition) is 1. The Kier molecular flexibility index (Phi) is 3.71. The van der Waals surface area contributed by atoms with Crippen molar-refractivity contribution in [3.63, 3.8) is 0 Å². The third-order valence-electron chi connectivity index (χ3n) is 9.79. The zero-order chi connectivity index (χ0) is 21.0. The molecule has 1 aromatic heterocycles. The number of aromatic amines is 1. The van der Waals surface area contributed by atoms with Crippen LogP contribution in [0, 0.1) is 29.6 Å². The van der Waals surface area contributed by atoms with Crippen molar-refractivity contribution in [3.05, 3.63) is 52.9 Å². The molecule has 0 aliphatic heterocycles. The first kappa shape index (κ1) is 18.7. The summed E-state index contributed by atoms with van der Waals surface area (Å²) in [6, 6.07) is 7.11. The molecule has 4 bridgehead atoms. The highest BCUT2D eigenvalue weighted by molar-refractivity contribution is 5.77. The van der Waals surface area contributed by atoms with E-state index in [1.165, 1.54) is 68.3 Å². The van der Waals surface area contributed by atoms with Gasteiger partial charge in [0.15, 0.2) is 0 Å². The molecule has 1 N–H and O–H groups in total. The molecule has 6 aliphatic rings. The van der Waals surface area contributed by atoms with Crippen molar-refractivity contribution < 1.29 is 0 Å². The minimum absolute atomic E-state index is 0.153. The van der Waals surface area contributed by atoms with Crippen LogP contribution < -0.4 is 0 Å². The number of benzene rings is 1. The van der Waals surface area contributed by atoms with E-state index in [-0.39, 0.29) is 10.8 Å². The lowest BCUT2D eigenvalue weighted by molar-refractivity contribution is 0.267. The molecule has 1 heterocycles. The van der Waals surface area contributed by atoms with Gasteiger partial charge in [-0.2, -0.15) is 0 Å². The summed E-state index contributed by atoms with van der Waals surface area (Å²) in [6.45, 7) is 7.35. The lowest BCUT2D eigenvalue weighted by atomic mass is 9.64. The third-order valence-corrected chi connectivity index (χ3v) is 9.79. The maximum Gasteiger partial charge on any atom is 0.113 e. The predicted octanol–water partition coefficient (Wildman–Crippen LogP) is 7.22. The number of fused-ring (bicyclic) bond motifs is 6. The van der Waals surface area contributed by atoms with E-state index in [9.17, 15) is 0 Å². The van der Waals surface area contributed by atoms with Crippen LogP contribution in [-0.2, 0) is 10.8 Å². The number of rotatable bonds is 2. The number of nitrogens with one attached hydrogen (secondary N) is 1. The number of aromatic nitrogens is 2. The van der Waals surface area contributed by atoms with Gasteiger partial charge in [0.25, 0.3) is 0 Å². The molecule has 0 radical (unpaired) electrons. The van der Waals surface area contributed by atoms with Gasteiger partial charge in [-0.1, -0.05) is 50.1 Å². The molecule has 0 amide bonds.